The standard InChI is InChI=1S/C31H24F5N5O3/c1-37-31(44)21-10-15(4-5-22(21)34)18-3-2-6-38-26(18)23(9-14-7-16(32)11-17(33)8-14)39-24(42)13-41-28-25(27(40-41)30(35)36)19-12-20(19)29(28)43/h2-8,10-11,19-20,23,30H,9,12-13H2,1H3,(H,37,44)(H,39,42)/t19?,20?,23-/m0/s1. The number of alkyl halides is 2. The van der Waals surface area contributed by atoms with Crippen molar-refractivity contribution in [1.82, 2.24) is 25.4 Å². The molecule has 0 spiro atoms. The van der Waals surface area contributed by atoms with Crippen LogP contribution in [0, 0.1) is 23.4 Å². The number of nitrogens with zero attached hydrogens (tertiary/aromatic N) is 3. The number of ketones is 1. The summed E-state index contributed by atoms with van der Waals surface area (Å²) in [5.41, 5.74) is 0.563. The molecule has 2 N–H and O–H groups in total. The Bertz CT molecular complexity index is 1800. The zero-order chi connectivity index (χ0) is 31.3. The Balaban J connectivity index is 1.37. The van der Waals surface area contributed by atoms with E-state index in [-0.39, 0.29) is 52.1 Å². The molecule has 2 aromatic carbocycles. The number of rotatable bonds is 9. The second kappa shape index (κ2) is 11.3. The van der Waals surface area contributed by atoms with Gasteiger partial charge in [-0.2, -0.15) is 5.10 Å². The van der Waals surface area contributed by atoms with Crippen molar-refractivity contribution in [2.75, 3.05) is 7.05 Å². The number of carbonyl (C=O) groups is 3. The zero-order valence-corrected chi connectivity index (χ0v) is 23.1. The van der Waals surface area contributed by atoms with Gasteiger partial charge in [-0.1, -0.05) is 12.1 Å². The van der Waals surface area contributed by atoms with Gasteiger partial charge in [0.15, 0.2) is 5.78 Å². The van der Waals surface area contributed by atoms with Crippen LogP contribution in [-0.4, -0.2) is 39.4 Å². The van der Waals surface area contributed by atoms with Gasteiger partial charge in [-0.05, 0) is 60.2 Å². The lowest BCUT2D eigenvalue weighted by molar-refractivity contribution is -0.122. The van der Waals surface area contributed by atoms with Crippen LogP contribution in [0.2, 0.25) is 0 Å². The quantitative estimate of drug-likeness (QED) is 0.258. The predicted octanol–water partition coefficient (Wildman–Crippen LogP) is 5.06. The van der Waals surface area contributed by atoms with Gasteiger partial charge in [-0.3, -0.25) is 24.0 Å². The van der Waals surface area contributed by atoms with E-state index >= 15 is 0 Å². The topological polar surface area (TPSA) is 106 Å². The molecular formula is C31H24F5N5O3. The molecule has 3 atom stereocenters. The van der Waals surface area contributed by atoms with E-state index in [0.717, 1.165) is 22.9 Å². The van der Waals surface area contributed by atoms with Gasteiger partial charge < -0.3 is 10.6 Å². The Morgan fingerprint density at radius 3 is 2.48 bits per heavy atom. The zero-order valence-electron chi connectivity index (χ0n) is 23.1. The van der Waals surface area contributed by atoms with Crippen LogP contribution < -0.4 is 10.6 Å². The molecule has 2 aromatic heterocycles. The van der Waals surface area contributed by atoms with E-state index in [1.165, 1.54) is 25.4 Å². The lowest BCUT2D eigenvalue weighted by Gasteiger charge is -2.22. The largest absolute Gasteiger partial charge is 0.355 e. The monoisotopic (exact) mass is 609 g/mol. The van der Waals surface area contributed by atoms with Gasteiger partial charge in [0.05, 0.1) is 17.3 Å². The molecule has 2 aliphatic carbocycles. The van der Waals surface area contributed by atoms with Crippen molar-refractivity contribution >= 4 is 17.6 Å². The second-order valence-corrected chi connectivity index (χ2v) is 10.7. The molecular weight excluding hydrogens is 585 g/mol. The Morgan fingerprint density at radius 1 is 1.02 bits per heavy atom. The number of hydrogen-bond donors (Lipinski definition) is 2. The van der Waals surface area contributed by atoms with Crippen LogP contribution in [0.3, 0.4) is 0 Å². The highest BCUT2D eigenvalue weighted by molar-refractivity contribution is 6.05. The normalized spacial score (nSPS) is 17.3. The van der Waals surface area contributed by atoms with Crippen molar-refractivity contribution in [3.8, 4) is 11.1 Å². The Kier molecular flexibility index (Phi) is 7.48. The van der Waals surface area contributed by atoms with E-state index in [1.54, 1.807) is 12.1 Å². The minimum atomic E-state index is -2.93. The number of nitrogens with one attached hydrogen (secondary N) is 2. The molecule has 4 aromatic rings. The van der Waals surface area contributed by atoms with Crippen molar-refractivity contribution in [2.45, 2.75) is 37.8 Å². The summed E-state index contributed by atoms with van der Waals surface area (Å²) in [6.45, 7) is -0.576. The average molecular weight is 610 g/mol. The summed E-state index contributed by atoms with van der Waals surface area (Å²) in [7, 11) is 1.35. The fourth-order valence-corrected chi connectivity index (χ4v) is 5.87. The summed E-state index contributed by atoms with van der Waals surface area (Å²) in [5.74, 6) is -4.88. The lowest BCUT2D eigenvalue weighted by Crippen LogP contribution is -2.34. The number of hydrogen-bond acceptors (Lipinski definition) is 5. The van der Waals surface area contributed by atoms with Gasteiger partial charge in [0.1, 0.15) is 35.4 Å². The predicted molar refractivity (Wildman–Crippen MR) is 146 cm³/mol. The summed E-state index contributed by atoms with van der Waals surface area (Å²) in [5, 5.41) is 9.00. The van der Waals surface area contributed by atoms with Gasteiger partial charge in [0.2, 0.25) is 5.91 Å². The molecule has 8 nitrogen and oxygen atoms in total. The summed E-state index contributed by atoms with van der Waals surface area (Å²) in [6.07, 6.45) is -1.19. The summed E-state index contributed by atoms with van der Waals surface area (Å²) < 4.78 is 71.2. The number of pyridine rings is 1. The number of aromatic nitrogens is 3. The lowest BCUT2D eigenvalue weighted by atomic mass is 9.94. The molecule has 2 heterocycles. The van der Waals surface area contributed by atoms with E-state index in [9.17, 15) is 36.3 Å². The van der Waals surface area contributed by atoms with E-state index < -0.39 is 54.0 Å². The molecule has 2 unspecified atom stereocenters. The summed E-state index contributed by atoms with van der Waals surface area (Å²) in [4.78, 5) is 42.9. The van der Waals surface area contributed by atoms with Crippen LogP contribution in [0.5, 0.6) is 0 Å². The fourth-order valence-electron chi connectivity index (χ4n) is 5.87. The van der Waals surface area contributed by atoms with Crippen molar-refractivity contribution in [3.05, 3.63) is 106 Å². The third-order valence-electron chi connectivity index (χ3n) is 7.86. The average Bonchev–Trinajstić information content (AvgIpc) is 3.61. The molecule has 2 amide bonds. The molecule has 13 heteroatoms. The number of benzene rings is 2. The maximum absolute atomic E-state index is 14.4. The maximum Gasteiger partial charge on any atom is 0.282 e. The molecule has 0 radical (unpaired) electrons. The van der Waals surface area contributed by atoms with E-state index in [1.807, 2.05) is 0 Å². The number of carbonyl (C=O) groups excluding carboxylic acids is 3. The smallest absolute Gasteiger partial charge is 0.282 e. The van der Waals surface area contributed by atoms with Crippen LogP contribution in [-0.2, 0) is 17.8 Å². The fraction of sp³-hybridized carbons (Fsp3) is 0.258. The summed E-state index contributed by atoms with van der Waals surface area (Å²) in [6, 6.07) is 8.86. The van der Waals surface area contributed by atoms with Gasteiger partial charge >= 0.3 is 0 Å². The summed E-state index contributed by atoms with van der Waals surface area (Å²) >= 11 is 0. The molecule has 0 saturated heterocycles. The number of fused-ring (bicyclic) bond motifs is 3. The third-order valence-corrected chi connectivity index (χ3v) is 7.86. The van der Waals surface area contributed by atoms with Gasteiger partial charge in [-0.25, -0.2) is 22.0 Å². The van der Waals surface area contributed by atoms with Crippen molar-refractivity contribution in [1.29, 1.82) is 0 Å². The van der Waals surface area contributed by atoms with Crippen LogP contribution in [0.4, 0.5) is 22.0 Å². The van der Waals surface area contributed by atoms with E-state index in [0.29, 0.717) is 23.6 Å². The molecule has 44 heavy (non-hydrogen) atoms. The minimum absolute atomic E-state index is 0.00739. The highest BCUT2D eigenvalue weighted by atomic mass is 19.3. The van der Waals surface area contributed by atoms with Gasteiger partial charge in [0, 0.05) is 36.4 Å². The highest BCUT2D eigenvalue weighted by Gasteiger charge is 2.56. The Morgan fingerprint density at radius 2 is 1.77 bits per heavy atom. The first kappa shape index (κ1) is 29.1. The SMILES string of the molecule is CNC(=O)c1cc(-c2cccnc2[C@H](Cc2cc(F)cc(F)c2)NC(=O)Cn2nc(C(F)F)c3c2C(=O)C2CC32)ccc1F. The van der Waals surface area contributed by atoms with E-state index in [4.69, 9.17) is 0 Å². The second-order valence-electron chi connectivity index (χ2n) is 10.7. The molecule has 1 fully saturated rings. The molecule has 0 bridgehead atoms. The molecule has 0 aliphatic heterocycles. The van der Waals surface area contributed by atoms with Crippen molar-refractivity contribution in [2.24, 2.45) is 5.92 Å². The Hall–Kier alpha value is -4.94. The van der Waals surface area contributed by atoms with Crippen LogP contribution in [0.15, 0.2) is 54.7 Å². The molecule has 2 aliphatic rings. The number of Topliss-reactive ketones (excluding diaryl/α,β-unsaturated/α-hetero) is 1. The number of amides is 2. The number of halogens is 5. The molecule has 6 rings (SSSR count). The first-order valence-corrected chi connectivity index (χ1v) is 13.7. The first-order chi connectivity index (χ1) is 21.0. The first-order valence-electron chi connectivity index (χ1n) is 13.7. The van der Waals surface area contributed by atoms with Crippen LogP contribution >= 0.6 is 0 Å². The van der Waals surface area contributed by atoms with Gasteiger partial charge in [-0.15, -0.1) is 0 Å². The maximum atomic E-state index is 14.4. The highest BCUT2D eigenvalue weighted by Crippen LogP contribution is 2.58. The minimum Gasteiger partial charge on any atom is -0.355 e. The van der Waals surface area contributed by atoms with Crippen molar-refractivity contribution in [3.63, 3.8) is 0 Å². The van der Waals surface area contributed by atoms with Crippen molar-refractivity contribution < 1.29 is 36.3 Å². The third kappa shape index (κ3) is 5.33. The van der Waals surface area contributed by atoms with Crippen LogP contribution in [0.1, 0.15) is 68.2 Å². The Labute approximate surface area is 247 Å². The molecule has 226 valence electrons. The van der Waals surface area contributed by atoms with Gasteiger partial charge in [0.25, 0.3) is 12.3 Å². The van der Waals surface area contributed by atoms with E-state index in [2.05, 4.69) is 20.7 Å². The molecule has 1 saturated carbocycles. The van der Waals surface area contributed by atoms with Crippen LogP contribution in [0.25, 0.3) is 11.1 Å².